The fraction of sp³-hybridized carbons (Fsp3) is 0.357. The molecule has 0 aliphatic heterocycles. The molecule has 2 rings (SSSR count). The van der Waals surface area contributed by atoms with E-state index < -0.39 is 0 Å². The zero-order valence-electron chi connectivity index (χ0n) is 11.0. The minimum absolute atomic E-state index is 0.576. The zero-order chi connectivity index (χ0) is 13.7. The maximum atomic E-state index is 6.01. The van der Waals surface area contributed by atoms with Gasteiger partial charge in [0.25, 0.3) is 0 Å². The van der Waals surface area contributed by atoms with Gasteiger partial charge in [-0.3, -0.25) is 4.68 Å². The molecular formula is C14H18ClN3O. The van der Waals surface area contributed by atoms with Crippen molar-refractivity contribution in [3.63, 3.8) is 0 Å². The number of aryl methyl sites for hydroxylation is 1. The van der Waals surface area contributed by atoms with Gasteiger partial charge in [0.05, 0.1) is 12.4 Å². The van der Waals surface area contributed by atoms with Crippen molar-refractivity contribution in [2.75, 3.05) is 6.54 Å². The summed E-state index contributed by atoms with van der Waals surface area (Å²) in [6, 6.07) is 5.60. The van der Waals surface area contributed by atoms with Crippen molar-refractivity contribution in [1.82, 2.24) is 9.78 Å². The number of nitrogens with two attached hydrogens (primary N) is 1. The molecule has 0 spiro atoms. The average molecular weight is 280 g/mol. The van der Waals surface area contributed by atoms with Gasteiger partial charge in [-0.15, -0.1) is 0 Å². The van der Waals surface area contributed by atoms with E-state index in [1.54, 1.807) is 6.20 Å². The number of hydrogen-bond acceptors (Lipinski definition) is 3. The van der Waals surface area contributed by atoms with Crippen LogP contribution in [0.15, 0.2) is 30.6 Å². The monoisotopic (exact) mass is 279 g/mol. The third-order valence-corrected chi connectivity index (χ3v) is 2.97. The Bertz CT molecular complexity index is 539. The third kappa shape index (κ3) is 3.72. The largest absolute Gasteiger partial charge is 0.454 e. The molecule has 0 atom stereocenters. The van der Waals surface area contributed by atoms with Crippen molar-refractivity contribution in [3.8, 4) is 11.5 Å². The molecule has 0 saturated carbocycles. The second-order valence-corrected chi connectivity index (χ2v) is 4.77. The summed E-state index contributed by atoms with van der Waals surface area (Å²) in [5.41, 5.74) is 6.65. The molecule has 2 aromatic rings. The van der Waals surface area contributed by atoms with Crippen molar-refractivity contribution in [2.45, 2.75) is 26.3 Å². The van der Waals surface area contributed by atoms with Gasteiger partial charge in [-0.2, -0.15) is 5.10 Å². The Labute approximate surface area is 118 Å². The van der Waals surface area contributed by atoms with E-state index in [2.05, 4.69) is 12.0 Å². The van der Waals surface area contributed by atoms with E-state index in [0.29, 0.717) is 17.3 Å². The van der Waals surface area contributed by atoms with Gasteiger partial charge in [0.1, 0.15) is 5.75 Å². The predicted octanol–water partition coefficient (Wildman–Crippen LogP) is 3.24. The van der Waals surface area contributed by atoms with Gasteiger partial charge in [-0.25, -0.2) is 0 Å². The van der Waals surface area contributed by atoms with Gasteiger partial charge in [0, 0.05) is 11.6 Å². The van der Waals surface area contributed by atoms with E-state index in [0.717, 1.165) is 30.7 Å². The van der Waals surface area contributed by atoms with Gasteiger partial charge < -0.3 is 10.5 Å². The number of rotatable bonds is 6. The van der Waals surface area contributed by atoms with Crippen LogP contribution in [-0.4, -0.2) is 16.3 Å². The number of halogens is 1. The van der Waals surface area contributed by atoms with Crippen molar-refractivity contribution in [2.24, 2.45) is 5.73 Å². The summed E-state index contributed by atoms with van der Waals surface area (Å²) in [5, 5.41) is 4.88. The molecule has 102 valence electrons. The molecule has 5 heteroatoms. The van der Waals surface area contributed by atoms with Crippen LogP contribution in [-0.2, 0) is 13.0 Å². The van der Waals surface area contributed by atoms with E-state index in [1.165, 1.54) is 0 Å². The smallest absolute Gasteiger partial charge is 0.165 e. The van der Waals surface area contributed by atoms with E-state index in [-0.39, 0.29) is 0 Å². The summed E-state index contributed by atoms with van der Waals surface area (Å²) in [4.78, 5) is 0. The zero-order valence-corrected chi connectivity index (χ0v) is 11.7. The average Bonchev–Trinajstić information content (AvgIpc) is 2.81. The molecular weight excluding hydrogens is 262 g/mol. The first-order valence-electron chi connectivity index (χ1n) is 6.41. The first-order valence-corrected chi connectivity index (χ1v) is 6.79. The normalized spacial score (nSPS) is 10.7. The maximum Gasteiger partial charge on any atom is 0.165 e. The number of hydrogen-bond donors (Lipinski definition) is 1. The molecule has 4 nitrogen and oxygen atoms in total. The molecule has 1 heterocycles. The van der Waals surface area contributed by atoms with Crippen molar-refractivity contribution in [1.29, 1.82) is 0 Å². The fourth-order valence-electron chi connectivity index (χ4n) is 1.86. The van der Waals surface area contributed by atoms with Crippen molar-refractivity contribution >= 4 is 11.6 Å². The van der Waals surface area contributed by atoms with Gasteiger partial charge in [0.2, 0.25) is 0 Å². The lowest BCUT2D eigenvalue weighted by atomic mass is 10.1. The van der Waals surface area contributed by atoms with Crippen LogP contribution in [0.1, 0.15) is 18.9 Å². The summed E-state index contributed by atoms with van der Waals surface area (Å²) >= 11 is 6.01. The second kappa shape index (κ2) is 6.59. The van der Waals surface area contributed by atoms with Gasteiger partial charge in [0.15, 0.2) is 5.75 Å². The Morgan fingerprint density at radius 2 is 2.26 bits per heavy atom. The molecule has 0 radical (unpaired) electrons. The minimum Gasteiger partial charge on any atom is -0.454 e. The number of benzene rings is 1. The van der Waals surface area contributed by atoms with Crippen molar-refractivity contribution in [3.05, 3.63) is 41.2 Å². The summed E-state index contributed by atoms with van der Waals surface area (Å²) in [5.74, 6) is 1.46. The first kappa shape index (κ1) is 13.9. The summed E-state index contributed by atoms with van der Waals surface area (Å²) in [6.45, 7) is 3.57. The predicted molar refractivity (Wildman–Crippen MR) is 76.8 cm³/mol. The summed E-state index contributed by atoms with van der Waals surface area (Å²) < 4.78 is 7.71. The van der Waals surface area contributed by atoms with Crippen LogP contribution < -0.4 is 10.5 Å². The van der Waals surface area contributed by atoms with Gasteiger partial charge in [-0.1, -0.05) is 24.6 Å². The molecule has 0 bridgehead atoms. The minimum atomic E-state index is 0.576. The first-order chi connectivity index (χ1) is 9.22. The molecule has 19 heavy (non-hydrogen) atoms. The standard InChI is InChI=1S/C14H18ClN3O/c1-2-7-18-10-13(9-17-18)19-14-8-12(15)4-3-11(14)5-6-16/h3-4,8-10H,2,5-7,16H2,1H3. The van der Waals surface area contributed by atoms with E-state index in [9.17, 15) is 0 Å². The molecule has 0 saturated heterocycles. The highest BCUT2D eigenvalue weighted by molar-refractivity contribution is 6.30. The maximum absolute atomic E-state index is 6.01. The molecule has 0 amide bonds. The van der Waals surface area contributed by atoms with Crippen LogP contribution in [0.25, 0.3) is 0 Å². The molecule has 0 aliphatic rings. The fourth-order valence-corrected chi connectivity index (χ4v) is 2.02. The Morgan fingerprint density at radius 1 is 1.42 bits per heavy atom. The third-order valence-electron chi connectivity index (χ3n) is 2.73. The van der Waals surface area contributed by atoms with Gasteiger partial charge >= 0.3 is 0 Å². The van der Waals surface area contributed by atoms with Crippen LogP contribution in [0.4, 0.5) is 0 Å². The Morgan fingerprint density at radius 3 is 3.00 bits per heavy atom. The Balaban J connectivity index is 2.18. The lowest BCUT2D eigenvalue weighted by molar-refractivity contribution is 0.474. The number of nitrogens with zero attached hydrogens (tertiary/aromatic N) is 2. The summed E-state index contributed by atoms with van der Waals surface area (Å²) in [6.07, 6.45) is 5.39. The summed E-state index contributed by atoms with van der Waals surface area (Å²) in [7, 11) is 0. The topological polar surface area (TPSA) is 53.1 Å². The number of ether oxygens (including phenoxy) is 1. The second-order valence-electron chi connectivity index (χ2n) is 4.33. The van der Waals surface area contributed by atoms with Crippen molar-refractivity contribution < 1.29 is 4.74 Å². The lowest BCUT2D eigenvalue weighted by Crippen LogP contribution is -2.04. The van der Waals surface area contributed by atoms with E-state index >= 15 is 0 Å². The molecule has 0 fully saturated rings. The molecule has 2 N–H and O–H groups in total. The van der Waals surface area contributed by atoms with Crippen LogP contribution >= 0.6 is 11.6 Å². The highest BCUT2D eigenvalue weighted by Gasteiger charge is 2.07. The quantitative estimate of drug-likeness (QED) is 0.883. The highest BCUT2D eigenvalue weighted by Crippen LogP contribution is 2.28. The van der Waals surface area contributed by atoms with Gasteiger partial charge in [-0.05, 0) is 37.1 Å². The molecule has 0 unspecified atom stereocenters. The lowest BCUT2D eigenvalue weighted by Gasteiger charge is -2.09. The molecule has 0 aliphatic carbocycles. The number of aromatic nitrogens is 2. The van der Waals surface area contributed by atoms with Crippen LogP contribution in [0.2, 0.25) is 5.02 Å². The highest BCUT2D eigenvalue weighted by atomic mass is 35.5. The van der Waals surface area contributed by atoms with Crippen LogP contribution in [0.3, 0.4) is 0 Å². The Kier molecular flexibility index (Phi) is 4.82. The SMILES string of the molecule is CCCn1cc(Oc2cc(Cl)ccc2CCN)cn1. The molecule has 1 aromatic heterocycles. The van der Waals surface area contributed by atoms with E-state index in [4.69, 9.17) is 22.1 Å². The molecule has 1 aromatic carbocycles. The van der Waals surface area contributed by atoms with Crippen LogP contribution in [0, 0.1) is 0 Å². The van der Waals surface area contributed by atoms with Crippen LogP contribution in [0.5, 0.6) is 11.5 Å². The van der Waals surface area contributed by atoms with E-state index in [1.807, 2.05) is 29.1 Å². The Hall–Kier alpha value is -1.52.